The summed E-state index contributed by atoms with van der Waals surface area (Å²) in [5.74, 6) is -0.888. The van der Waals surface area contributed by atoms with Crippen LogP contribution in [0, 0.1) is 0 Å². The summed E-state index contributed by atoms with van der Waals surface area (Å²) in [4.78, 5) is 31.4. The van der Waals surface area contributed by atoms with Gasteiger partial charge in [0.15, 0.2) is 0 Å². The van der Waals surface area contributed by atoms with Crippen LogP contribution in [0.3, 0.4) is 0 Å². The molecule has 0 saturated heterocycles. The Kier molecular flexibility index (Phi) is 7.54. The Balaban J connectivity index is 2.21. The zero-order valence-electron chi connectivity index (χ0n) is 14.3. The number of nitrogens with zero attached hydrogens (tertiary/aromatic N) is 2. The second kappa shape index (κ2) is 9.66. The number of halogens is 2. The Morgan fingerprint density at radius 3 is 2.64 bits per heavy atom. The number of nitrogens with one attached hydrogen (secondary N) is 2. The molecule has 2 aromatic rings. The smallest absolute Gasteiger partial charge is 0.339 e. The first kappa shape index (κ1) is 21.9. The van der Waals surface area contributed by atoms with E-state index >= 15 is 0 Å². The molecular formula is C15H14BrClN4O6S. The normalized spacial score (nSPS) is 10.8. The third kappa shape index (κ3) is 5.78. The molecule has 0 spiro atoms. The van der Waals surface area contributed by atoms with Gasteiger partial charge in [0.05, 0.1) is 18.6 Å². The number of ether oxygens (including phenoxy) is 2. The van der Waals surface area contributed by atoms with Crippen molar-refractivity contribution >= 4 is 55.5 Å². The number of urea groups is 1. The van der Waals surface area contributed by atoms with Gasteiger partial charge in [0, 0.05) is 6.07 Å². The summed E-state index contributed by atoms with van der Waals surface area (Å²) in [6, 6.07) is 5.58. The third-order valence-corrected chi connectivity index (χ3v) is 4.99. The lowest BCUT2D eigenvalue weighted by Gasteiger charge is -2.11. The molecule has 0 unspecified atom stereocenters. The van der Waals surface area contributed by atoms with Crippen molar-refractivity contribution in [3.63, 3.8) is 0 Å². The molecule has 0 aliphatic rings. The summed E-state index contributed by atoms with van der Waals surface area (Å²) in [6.07, 6.45) is 0. The van der Waals surface area contributed by atoms with Gasteiger partial charge in [0.2, 0.25) is 11.8 Å². The molecular weight excluding hydrogens is 480 g/mol. The van der Waals surface area contributed by atoms with Gasteiger partial charge < -0.3 is 9.47 Å². The van der Waals surface area contributed by atoms with Crippen LogP contribution in [0.2, 0.25) is 0 Å². The average molecular weight is 494 g/mol. The molecule has 0 aliphatic carbocycles. The molecule has 0 fully saturated rings. The molecule has 28 heavy (non-hydrogen) atoms. The highest BCUT2D eigenvalue weighted by Crippen LogP contribution is 2.18. The highest BCUT2D eigenvalue weighted by atomic mass is 79.9. The Labute approximate surface area is 173 Å². The number of sulfonamides is 1. The van der Waals surface area contributed by atoms with E-state index in [-0.39, 0.29) is 29.9 Å². The van der Waals surface area contributed by atoms with Gasteiger partial charge in [-0.05, 0) is 28.1 Å². The van der Waals surface area contributed by atoms with Gasteiger partial charge in [0.25, 0.3) is 10.0 Å². The van der Waals surface area contributed by atoms with Crippen LogP contribution >= 0.6 is 27.5 Å². The first-order valence-electron chi connectivity index (χ1n) is 7.51. The van der Waals surface area contributed by atoms with E-state index in [0.29, 0.717) is 4.60 Å². The maximum absolute atomic E-state index is 12.5. The molecule has 1 heterocycles. The van der Waals surface area contributed by atoms with Crippen molar-refractivity contribution in [1.29, 1.82) is 0 Å². The van der Waals surface area contributed by atoms with Crippen LogP contribution in [-0.4, -0.2) is 50.0 Å². The predicted molar refractivity (Wildman–Crippen MR) is 103 cm³/mol. The number of carbonyl (C=O) groups excluding carboxylic acids is 2. The van der Waals surface area contributed by atoms with Crippen molar-refractivity contribution in [2.24, 2.45) is 0 Å². The van der Waals surface area contributed by atoms with Gasteiger partial charge in [-0.15, -0.1) is 11.6 Å². The minimum Gasteiger partial charge on any atom is -0.481 e. The Bertz CT molecular complexity index is 988. The fourth-order valence-electron chi connectivity index (χ4n) is 1.94. The number of methoxy groups -OCH3 is 1. The largest absolute Gasteiger partial charge is 0.481 e. The van der Waals surface area contributed by atoms with E-state index in [1.165, 1.54) is 31.4 Å². The first-order valence-corrected chi connectivity index (χ1v) is 10.3. The topological polar surface area (TPSA) is 137 Å². The summed E-state index contributed by atoms with van der Waals surface area (Å²) in [6.45, 7) is -0.0925. The zero-order chi connectivity index (χ0) is 20.7. The van der Waals surface area contributed by atoms with Crippen LogP contribution in [0.4, 0.5) is 10.7 Å². The number of amides is 2. The number of carbonyl (C=O) groups is 2. The standard InChI is InChI=1S/C15H14BrClN4O6S/c1-26-12-8-11(16)18-14(19-12)20-15(23)21-28(24,25)10-5-3-2-4-9(10)13(22)27-7-6-17/h2-5,8H,6-7H2,1H3,(H2,18,19,20,21,23). The number of rotatable bonds is 7. The maximum Gasteiger partial charge on any atom is 0.339 e. The molecule has 13 heteroatoms. The number of benzene rings is 1. The quantitative estimate of drug-likeness (QED) is 0.340. The number of hydrogen-bond acceptors (Lipinski definition) is 8. The molecule has 2 rings (SSSR count). The molecule has 0 atom stereocenters. The van der Waals surface area contributed by atoms with E-state index in [1.54, 1.807) is 4.72 Å². The van der Waals surface area contributed by atoms with Crippen molar-refractivity contribution in [1.82, 2.24) is 14.7 Å². The van der Waals surface area contributed by atoms with Crippen LogP contribution in [0.25, 0.3) is 0 Å². The third-order valence-electron chi connectivity index (χ3n) is 3.04. The highest BCUT2D eigenvalue weighted by molar-refractivity contribution is 9.10. The number of hydrogen-bond donors (Lipinski definition) is 2. The lowest BCUT2D eigenvalue weighted by atomic mass is 10.2. The summed E-state index contributed by atoms with van der Waals surface area (Å²) >= 11 is 8.56. The number of esters is 1. The van der Waals surface area contributed by atoms with Gasteiger partial charge in [-0.1, -0.05) is 12.1 Å². The second-order valence-electron chi connectivity index (χ2n) is 4.94. The SMILES string of the molecule is COc1cc(Br)nc(NC(=O)NS(=O)(=O)c2ccccc2C(=O)OCCCl)n1. The number of aromatic nitrogens is 2. The van der Waals surface area contributed by atoms with Gasteiger partial charge in [-0.3, -0.25) is 5.32 Å². The lowest BCUT2D eigenvalue weighted by Crippen LogP contribution is -2.35. The molecule has 10 nitrogen and oxygen atoms in total. The van der Waals surface area contributed by atoms with E-state index in [9.17, 15) is 18.0 Å². The molecule has 1 aromatic heterocycles. The fraction of sp³-hybridized carbons (Fsp3) is 0.200. The summed E-state index contributed by atoms with van der Waals surface area (Å²) < 4.78 is 37.0. The summed E-state index contributed by atoms with van der Waals surface area (Å²) in [5, 5.41) is 2.17. The number of anilines is 1. The highest BCUT2D eigenvalue weighted by Gasteiger charge is 2.25. The van der Waals surface area contributed by atoms with Crippen LogP contribution in [0.1, 0.15) is 10.4 Å². The molecule has 0 bridgehead atoms. The van der Waals surface area contributed by atoms with Crippen molar-refractivity contribution in [2.75, 3.05) is 24.9 Å². The Morgan fingerprint density at radius 2 is 1.96 bits per heavy atom. The first-order chi connectivity index (χ1) is 13.3. The van der Waals surface area contributed by atoms with E-state index in [0.717, 1.165) is 6.07 Å². The van der Waals surface area contributed by atoms with Crippen LogP contribution in [-0.2, 0) is 14.8 Å². The van der Waals surface area contributed by atoms with Crippen molar-refractivity contribution < 1.29 is 27.5 Å². The van der Waals surface area contributed by atoms with Gasteiger partial charge in [0.1, 0.15) is 16.1 Å². The van der Waals surface area contributed by atoms with E-state index in [4.69, 9.17) is 21.1 Å². The maximum atomic E-state index is 12.5. The van der Waals surface area contributed by atoms with Crippen molar-refractivity contribution in [2.45, 2.75) is 4.90 Å². The zero-order valence-corrected chi connectivity index (χ0v) is 17.5. The Morgan fingerprint density at radius 1 is 1.25 bits per heavy atom. The molecule has 0 saturated carbocycles. The molecule has 150 valence electrons. The van der Waals surface area contributed by atoms with Crippen molar-refractivity contribution in [3.05, 3.63) is 40.5 Å². The average Bonchev–Trinajstić information content (AvgIpc) is 2.65. The van der Waals surface area contributed by atoms with Gasteiger partial charge in [-0.25, -0.2) is 27.7 Å². The van der Waals surface area contributed by atoms with Gasteiger partial charge in [-0.2, -0.15) is 4.98 Å². The summed E-state index contributed by atoms with van der Waals surface area (Å²) in [7, 11) is -3.04. The molecule has 1 aromatic carbocycles. The Hall–Kier alpha value is -2.44. The molecule has 2 amide bonds. The second-order valence-corrected chi connectivity index (χ2v) is 7.78. The van der Waals surface area contributed by atoms with E-state index in [1.807, 2.05) is 0 Å². The number of alkyl halides is 1. The van der Waals surface area contributed by atoms with Crippen LogP contribution in [0.5, 0.6) is 5.88 Å². The van der Waals surface area contributed by atoms with Crippen LogP contribution < -0.4 is 14.8 Å². The minimum absolute atomic E-state index is 0.0530. The lowest BCUT2D eigenvalue weighted by molar-refractivity contribution is 0.0524. The minimum atomic E-state index is -4.40. The van der Waals surface area contributed by atoms with E-state index < -0.39 is 26.9 Å². The van der Waals surface area contributed by atoms with Gasteiger partial charge >= 0.3 is 12.0 Å². The molecule has 2 N–H and O–H groups in total. The van der Waals surface area contributed by atoms with E-state index in [2.05, 4.69) is 31.2 Å². The van der Waals surface area contributed by atoms with Crippen LogP contribution in [0.15, 0.2) is 39.8 Å². The predicted octanol–water partition coefficient (Wildman–Crippen LogP) is 2.15. The van der Waals surface area contributed by atoms with Crippen molar-refractivity contribution in [3.8, 4) is 5.88 Å². The molecule has 0 radical (unpaired) electrons. The molecule has 0 aliphatic heterocycles. The fourth-order valence-corrected chi connectivity index (χ4v) is 3.48. The summed E-state index contributed by atoms with van der Waals surface area (Å²) in [5.41, 5.74) is -0.242. The monoisotopic (exact) mass is 492 g/mol.